The van der Waals surface area contributed by atoms with Gasteiger partial charge in [-0.2, -0.15) is 0 Å². The normalized spacial score (nSPS) is 10.3. The second kappa shape index (κ2) is 4.58. The van der Waals surface area contributed by atoms with Crippen molar-refractivity contribution in [3.8, 4) is 11.1 Å². The monoisotopic (exact) mass is 261 g/mol. The van der Waals surface area contributed by atoms with Crippen LogP contribution >= 0.6 is 15.9 Å². The summed E-state index contributed by atoms with van der Waals surface area (Å²) in [5, 5.41) is 0. The number of hydrogen-bond donors (Lipinski definition) is 0. The fraction of sp³-hybridized carbons (Fsp3) is 0.154. The van der Waals surface area contributed by atoms with Crippen LogP contribution in [0.1, 0.15) is 12.5 Å². The Morgan fingerprint density at radius 3 is 2.40 bits per heavy atom. The SMILES string of the molecule is CCc1ccc(-c2cncc(Br)c2)cc1. The lowest BCUT2D eigenvalue weighted by molar-refractivity contribution is 1.14. The first kappa shape index (κ1) is 10.4. The number of halogens is 1. The average Bonchev–Trinajstić information content (AvgIpc) is 2.29. The lowest BCUT2D eigenvalue weighted by atomic mass is 10.0. The molecule has 1 aromatic carbocycles. The standard InChI is InChI=1S/C13H12BrN/c1-2-10-3-5-11(6-4-10)12-7-13(14)9-15-8-12/h3-9H,2H2,1H3. The number of benzene rings is 1. The molecular formula is C13H12BrN. The first-order valence-corrected chi connectivity index (χ1v) is 5.79. The van der Waals surface area contributed by atoms with Gasteiger partial charge in [-0.1, -0.05) is 31.2 Å². The summed E-state index contributed by atoms with van der Waals surface area (Å²) < 4.78 is 1.01. The predicted molar refractivity (Wildman–Crippen MR) is 66.8 cm³/mol. The minimum Gasteiger partial charge on any atom is -0.263 e. The molecule has 0 saturated heterocycles. The van der Waals surface area contributed by atoms with Gasteiger partial charge in [-0.3, -0.25) is 4.98 Å². The molecule has 0 fully saturated rings. The first-order chi connectivity index (χ1) is 7.29. The highest BCUT2D eigenvalue weighted by Gasteiger charge is 1.98. The van der Waals surface area contributed by atoms with Crippen molar-refractivity contribution >= 4 is 15.9 Å². The van der Waals surface area contributed by atoms with Gasteiger partial charge in [0.05, 0.1) is 0 Å². The zero-order valence-electron chi connectivity index (χ0n) is 8.57. The Morgan fingerprint density at radius 2 is 1.80 bits per heavy atom. The van der Waals surface area contributed by atoms with Gasteiger partial charge < -0.3 is 0 Å². The van der Waals surface area contributed by atoms with Gasteiger partial charge in [0.1, 0.15) is 0 Å². The van der Waals surface area contributed by atoms with Crippen LogP contribution in [0.25, 0.3) is 11.1 Å². The summed E-state index contributed by atoms with van der Waals surface area (Å²) in [5.41, 5.74) is 3.72. The summed E-state index contributed by atoms with van der Waals surface area (Å²) >= 11 is 3.43. The smallest absolute Gasteiger partial charge is 0.0410 e. The molecule has 0 radical (unpaired) electrons. The Morgan fingerprint density at radius 1 is 1.07 bits per heavy atom. The van der Waals surface area contributed by atoms with Gasteiger partial charge in [-0.25, -0.2) is 0 Å². The van der Waals surface area contributed by atoms with Gasteiger partial charge in [-0.05, 0) is 39.5 Å². The summed E-state index contributed by atoms with van der Waals surface area (Å²) in [7, 11) is 0. The van der Waals surface area contributed by atoms with E-state index in [0.717, 1.165) is 16.5 Å². The van der Waals surface area contributed by atoms with Crippen molar-refractivity contribution in [2.24, 2.45) is 0 Å². The number of rotatable bonds is 2. The van der Waals surface area contributed by atoms with Crippen LogP contribution in [0.2, 0.25) is 0 Å². The number of pyridine rings is 1. The second-order valence-corrected chi connectivity index (χ2v) is 4.36. The lowest BCUT2D eigenvalue weighted by Crippen LogP contribution is -1.82. The number of aryl methyl sites for hydroxylation is 1. The average molecular weight is 262 g/mol. The molecule has 2 rings (SSSR count). The molecule has 76 valence electrons. The van der Waals surface area contributed by atoms with E-state index in [9.17, 15) is 0 Å². The summed E-state index contributed by atoms with van der Waals surface area (Å²) in [5.74, 6) is 0. The van der Waals surface area contributed by atoms with Crippen molar-refractivity contribution in [1.29, 1.82) is 0 Å². The topological polar surface area (TPSA) is 12.9 Å². The van der Waals surface area contributed by atoms with E-state index < -0.39 is 0 Å². The third-order valence-corrected chi connectivity index (χ3v) is 2.83. The molecule has 0 bridgehead atoms. The quantitative estimate of drug-likeness (QED) is 0.794. The Hall–Kier alpha value is -1.15. The highest BCUT2D eigenvalue weighted by Crippen LogP contribution is 2.22. The van der Waals surface area contributed by atoms with Gasteiger partial charge in [0, 0.05) is 22.4 Å². The van der Waals surface area contributed by atoms with E-state index in [-0.39, 0.29) is 0 Å². The Labute approximate surface area is 98.3 Å². The molecule has 0 spiro atoms. The fourth-order valence-electron chi connectivity index (χ4n) is 1.50. The molecule has 1 heterocycles. The van der Waals surface area contributed by atoms with Gasteiger partial charge in [0.25, 0.3) is 0 Å². The number of hydrogen-bond acceptors (Lipinski definition) is 1. The fourth-order valence-corrected chi connectivity index (χ4v) is 1.87. The van der Waals surface area contributed by atoms with Crippen molar-refractivity contribution in [3.63, 3.8) is 0 Å². The number of aromatic nitrogens is 1. The van der Waals surface area contributed by atoms with E-state index in [4.69, 9.17) is 0 Å². The molecular weight excluding hydrogens is 250 g/mol. The van der Waals surface area contributed by atoms with E-state index in [1.54, 1.807) is 6.20 Å². The maximum absolute atomic E-state index is 4.16. The molecule has 0 aliphatic carbocycles. The molecule has 0 saturated carbocycles. The van der Waals surface area contributed by atoms with Crippen molar-refractivity contribution in [1.82, 2.24) is 4.98 Å². The zero-order chi connectivity index (χ0) is 10.7. The third kappa shape index (κ3) is 2.45. The molecule has 0 amide bonds. The van der Waals surface area contributed by atoms with Crippen molar-refractivity contribution < 1.29 is 0 Å². The van der Waals surface area contributed by atoms with Crippen LogP contribution in [0, 0.1) is 0 Å². The highest BCUT2D eigenvalue weighted by molar-refractivity contribution is 9.10. The van der Waals surface area contributed by atoms with Crippen molar-refractivity contribution in [3.05, 3.63) is 52.8 Å². The third-order valence-electron chi connectivity index (χ3n) is 2.40. The predicted octanol–water partition coefficient (Wildman–Crippen LogP) is 4.07. The summed E-state index contributed by atoms with van der Waals surface area (Å²) in [6, 6.07) is 10.7. The molecule has 0 N–H and O–H groups in total. The molecule has 2 heteroatoms. The number of nitrogens with zero attached hydrogens (tertiary/aromatic N) is 1. The summed E-state index contributed by atoms with van der Waals surface area (Å²) in [6.07, 6.45) is 4.76. The van der Waals surface area contributed by atoms with Crippen LogP contribution in [0.4, 0.5) is 0 Å². The van der Waals surface area contributed by atoms with E-state index in [0.29, 0.717) is 0 Å². The molecule has 1 nitrogen and oxygen atoms in total. The van der Waals surface area contributed by atoms with Crippen LogP contribution in [0.3, 0.4) is 0 Å². The van der Waals surface area contributed by atoms with Gasteiger partial charge in [-0.15, -0.1) is 0 Å². The van der Waals surface area contributed by atoms with Crippen molar-refractivity contribution in [2.45, 2.75) is 13.3 Å². The van der Waals surface area contributed by atoms with E-state index in [2.05, 4.69) is 58.2 Å². The molecule has 2 aromatic rings. The van der Waals surface area contributed by atoms with Crippen LogP contribution in [0.15, 0.2) is 47.2 Å². The van der Waals surface area contributed by atoms with Crippen LogP contribution in [-0.4, -0.2) is 4.98 Å². The minimum absolute atomic E-state index is 1.01. The Kier molecular flexibility index (Phi) is 3.17. The Balaban J connectivity index is 2.37. The molecule has 0 aliphatic heterocycles. The summed E-state index contributed by atoms with van der Waals surface area (Å²) in [6.45, 7) is 2.16. The first-order valence-electron chi connectivity index (χ1n) is 4.99. The van der Waals surface area contributed by atoms with E-state index in [1.165, 1.54) is 11.1 Å². The van der Waals surface area contributed by atoms with E-state index in [1.807, 2.05) is 6.20 Å². The largest absolute Gasteiger partial charge is 0.263 e. The Bertz CT molecular complexity index is 448. The molecule has 0 atom stereocenters. The zero-order valence-corrected chi connectivity index (χ0v) is 10.2. The van der Waals surface area contributed by atoms with Gasteiger partial charge >= 0.3 is 0 Å². The van der Waals surface area contributed by atoms with Gasteiger partial charge in [0.2, 0.25) is 0 Å². The van der Waals surface area contributed by atoms with Gasteiger partial charge in [0.15, 0.2) is 0 Å². The van der Waals surface area contributed by atoms with Crippen LogP contribution < -0.4 is 0 Å². The minimum atomic E-state index is 1.01. The molecule has 15 heavy (non-hydrogen) atoms. The maximum atomic E-state index is 4.16. The lowest BCUT2D eigenvalue weighted by Gasteiger charge is -2.02. The molecule has 0 aliphatic rings. The molecule has 0 unspecified atom stereocenters. The van der Waals surface area contributed by atoms with Crippen LogP contribution in [-0.2, 0) is 6.42 Å². The highest BCUT2D eigenvalue weighted by atomic mass is 79.9. The van der Waals surface area contributed by atoms with Crippen LogP contribution in [0.5, 0.6) is 0 Å². The van der Waals surface area contributed by atoms with E-state index >= 15 is 0 Å². The van der Waals surface area contributed by atoms with Crippen molar-refractivity contribution in [2.75, 3.05) is 0 Å². The molecule has 1 aromatic heterocycles. The maximum Gasteiger partial charge on any atom is 0.0410 e. The summed E-state index contributed by atoms with van der Waals surface area (Å²) in [4.78, 5) is 4.16. The second-order valence-electron chi connectivity index (χ2n) is 3.44.